The molecule has 3 fully saturated rings. The Morgan fingerprint density at radius 1 is 1.25 bits per heavy atom. The molecule has 0 amide bonds. The summed E-state index contributed by atoms with van der Waals surface area (Å²) in [6, 6.07) is 0.633. The number of thiazole rings is 1. The van der Waals surface area contributed by atoms with Crippen LogP contribution in [0.25, 0.3) is 0 Å². The molecule has 0 radical (unpaired) electrons. The molecule has 4 heterocycles. The van der Waals surface area contributed by atoms with E-state index in [1.54, 1.807) is 11.3 Å². The summed E-state index contributed by atoms with van der Waals surface area (Å²) < 4.78 is 5.48. The van der Waals surface area contributed by atoms with Crippen LogP contribution in [-0.4, -0.2) is 92.9 Å². The average molecular weight is 520 g/mol. The highest BCUT2D eigenvalue weighted by molar-refractivity contribution is 14.0. The fourth-order valence-electron chi connectivity index (χ4n) is 4.27. The van der Waals surface area contributed by atoms with Crippen LogP contribution < -0.4 is 10.2 Å². The molecule has 7 nitrogen and oxygen atoms in total. The number of guanidine groups is 1. The van der Waals surface area contributed by atoms with E-state index in [1.165, 1.54) is 30.1 Å². The van der Waals surface area contributed by atoms with Crippen molar-refractivity contribution in [3.63, 3.8) is 0 Å². The third-order valence-corrected chi connectivity index (χ3v) is 6.77. The van der Waals surface area contributed by atoms with Crippen molar-refractivity contribution in [1.82, 2.24) is 20.1 Å². The molecule has 3 aliphatic heterocycles. The van der Waals surface area contributed by atoms with Crippen LogP contribution in [0.3, 0.4) is 0 Å². The number of hydrogen-bond donors (Lipinski definition) is 1. The van der Waals surface area contributed by atoms with Gasteiger partial charge in [-0.2, -0.15) is 0 Å². The number of ether oxygens (including phenoxy) is 1. The summed E-state index contributed by atoms with van der Waals surface area (Å²) in [4.78, 5) is 16.7. The van der Waals surface area contributed by atoms with E-state index >= 15 is 0 Å². The van der Waals surface area contributed by atoms with Gasteiger partial charge in [-0.3, -0.25) is 9.89 Å². The molecule has 28 heavy (non-hydrogen) atoms. The van der Waals surface area contributed by atoms with E-state index in [9.17, 15) is 0 Å². The van der Waals surface area contributed by atoms with Crippen LogP contribution in [0.1, 0.15) is 25.0 Å². The van der Waals surface area contributed by atoms with Gasteiger partial charge in [-0.25, -0.2) is 4.98 Å². The molecule has 1 unspecified atom stereocenters. The maximum atomic E-state index is 5.48. The Morgan fingerprint density at radius 3 is 2.79 bits per heavy atom. The Labute approximate surface area is 189 Å². The molecule has 3 aliphatic rings. The third kappa shape index (κ3) is 5.48. The van der Waals surface area contributed by atoms with Crippen molar-refractivity contribution in [2.75, 3.05) is 71.0 Å². The van der Waals surface area contributed by atoms with Crippen LogP contribution in [0, 0.1) is 0 Å². The quantitative estimate of drug-likeness (QED) is 0.364. The molecular weight excluding hydrogens is 487 g/mol. The molecule has 3 saturated heterocycles. The normalized spacial score (nSPS) is 23.9. The molecule has 1 atom stereocenters. The highest BCUT2D eigenvalue weighted by Gasteiger charge is 2.30. The first-order valence-electron chi connectivity index (χ1n) is 10.3. The number of nitrogens with one attached hydrogen (secondary N) is 1. The maximum Gasteiger partial charge on any atom is 0.193 e. The zero-order valence-electron chi connectivity index (χ0n) is 16.8. The molecule has 0 aliphatic carbocycles. The van der Waals surface area contributed by atoms with Crippen molar-refractivity contribution in [2.45, 2.75) is 31.7 Å². The molecule has 0 spiro atoms. The maximum absolute atomic E-state index is 5.48. The van der Waals surface area contributed by atoms with Gasteiger partial charge in [-0.1, -0.05) is 0 Å². The molecule has 1 aromatic rings. The number of anilines is 1. The van der Waals surface area contributed by atoms with Gasteiger partial charge in [0.1, 0.15) is 0 Å². The van der Waals surface area contributed by atoms with Gasteiger partial charge in [0.15, 0.2) is 11.1 Å². The van der Waals surface area contributed by atoms with Gasteiger partial charge < -0.3 is 19.9 Å². The highest BCUT2D eigenvalue weighted by atomic mass is 127. The smallest absolute Gasteiger partial charge is 0.193 e. The van der Waals surface area contributed by atoms with Gasteiger partial charge in [0.25, 0.3) is 0 Å². The number of morpholine rings is 1. The summed E-state index contributed by atoms with van der Waals surface area (Å²) in [5, 5.41) is 6.95. The van der Waals surface area contributed by atoms with Crippen LogP contribution in [0.5, 0.6) is 0 Å². The summed E-state index contributed by atoms with van der Waals surface area (Å²) in [5.74, 6) is 1.03. The first kappa shape index (κ1) is 22.0. The topological polar surface area (TPSA) is 56.2 Å². The summed E-state index contributed by atoms with van der Waals surface area (Å²) in [5.41, 5.74) is 1.19. The minimum Gasteiger partial charge on any atom is -0.379 e. The molecule has 0 aromatic carbocycles. The van der Waals surface area contributed by atoms with Gasteiger partial charge in [0.05, 0.1) is 18.9 Å². The van der Waals surface area contributed by atoms with Crippen LogP contribution >= 0.6 is 35.3 Å². The lowest BCUT2D eigenvalue weighted by Gasteiger charge is -2.32. The first-order valence-corrected chi connectivity index (χ1v) is 11.2. The van der Waals surface area contributed by atoms with Crippen molar-refractivity contribution in [3.05, 3.63) is 11.1 Å². The number of aromatic nitrogens is 1. The van der Waals surface area contributed by atoms with E-state index in [-0.39, 0.29) is 24.0 Å². The van der Waals surface area contributed by atoms with E-state index in [4.69, 9.17) is 9.72 Å². The van der Waals surface area contributed by atoms with Crippen molar-refractivity contribution >= 4 is 46.4 Å². The predicted molar refractivity (Wildman–Crippen MR) is 126 cm³/mol. The number of likely N-dealkylation sites (tertiary alicyclic amines) is 1. The molecule has 1 aromatic heterocycles. The Hall–Kier alpha value is -0.650. The number of hydrogen-bond acceptors (Lipinski definition) is 6. The number of nitrogens with zero attached hydrogens (tertiary/aromatic N) is 5. The minimum absolute atomic E-state index is 0. The summed E-state index contributed by atoms with van der Waals surface area (Å²) in [6.45, 7) is 9.23. The lowest BCUT2D eigenvalue weighted by atomic mass is 10.2. The second-order valence-corrected chi connectivity index (χ2v) is 8.41. The standard InChI is InChI=1S/C19H32N6OS.HI/c1-20-18(25-9-5-17(14-25)23-10-12-26-13-11-23)21-6-4-16-15-27-19(22-16)24-7-2-3-8-24;/h15,17H,2-14H2,1H3,(H,20,21);1H. The van der Waals surface area contributed by atoms with Gasteiger partial charge in [0.2, 0.25) is 0 Å². The van der Waals surface area contributed by atoms with Gasteiger partial charge in [-0.15, -0.1) is 35.3 Å². The van der Waals surface area contributed by atoms with Gasteiger partial charge in [-0.05, 0) is 19.3 Å². The number of aliphatic imine (C=N–C) groups is 1. The number of rotatable bonds is 5. The van der Waals surface area contributed by atoms with Crippen molar-refractivity contribution in [1.29, 1.82) is 0 Å². The van der Waals surface area contributed by atoms with Crippen LogP contribution in [0.4, 0.5) is 5.13 Å². The van der Waals surface area contributed by atoms with E-state index in [0.29, 0.717) is 6.04 Å². The largest absolute Gasteiger partial charge is 0.379 e. The highest BCUT2D eigenvalue weighted by Crippen LogP contribution is 2.24. The molecule has 9 heteroatoms. The van der Waals surface area contributed by atoms with E-state index in [2.05, 4.69) is 30.4 Å². The molecular formula is C19H33IN6OS. The van der Waals surface area contributed by atoms with Crippen LogP contribution in [0.15, 0.2) is 10.4 Å². The second-order valence-electron chi connectivity index (χ2n) is 7.58. The van der Waals surface area contributed by atoms with Gasteiger partial charge >= 0.3 is 0 Å². The fourth-order valence-corrected chi connectivity index (χ4v) is 5.19. The molecule has 1 N–H and O–H groups in total. The third-order valence-electron chi connectivity index (χ3n) is 5.82. The zero-order chi connectivity index (χ0) is 18.5. The molecule has 158 valence electrons. The second kappa shape index (κ2) is 10.9. The monoisotopic (exact) mass is 520 g/mol. The molecule has 0 saturated carbocycles. The lowest BCUT2D eigenvalue weighted by molar-refractivity contribution is 0.0195. The SMILES string of the molecule is CN=C(NCCc1csc(N2CCCC2)n1)N1CCC(N2CCOCC2)C1.I. The summed E-state index contributed by atoms with van der Waals surface area (Å²) in [7, 11) is 1.89. The zero-order valence-corrected chi connectivity index (χ0v) is 20.0. The van der Waals surface area contributed by atoms with E-state index in [1.807, 2.05) is 7.05 Å². The van der Waals surface area contributed by atoms with E-state index in [0.717, 1.165) is 71.4 Å². The Kier molecular flexibility index (Phi) is 8.61. The molecule has 0 bridgehead atoms. The summed E-state index contributed by atoms with van der Waals surface area (Å²) in [6.07, 6.45) is 4.76. The van der Waals surface area contributed by atoms with Gasteiger partial charge in [0, 0.05) is 70.7 Å². The Bertz CT molecular complexity index is 630. The Morgan fingerprint density at radius 2 is 2.04 bits per heavy atom. The summed E-state index contributed by atoms with van der Waals surface area (Å²) >= 11 is 1.78. The van der Waals surface area contributed by atoms with E-state index < -0.39 is 0 Å². The Balaban J connectivity index is 0.00000225. The average Bonchev–Trinajstić information content (AvgIpc) is 3.47. The van der Waals surface area contributed by atoms with Crippen LogP contribution in [-0.2, 0) is 11.2 Å². The van der Waals surface area contributed by atoms with Crippen molar-refractivity contribution < 1.29 is 4.74 Å². The predicted octanol–water partition coefficient (Wildman–Crippen LogP) is 1.89. The van der Waals surface area contributed by atoms with Crippen LogP contribution in [0.2, 0.25) is 0 Å². The molecule has 4 rings (SSSR count). The van der Waals surface area contributed by atoms with Crippen molar-refractivity contribution in [3.8, 4) is 0 Å². The minimum atomic E-state index is 0. The lowest BCUT2D eigenvalue weighted by Crippen LogP contribution is -2.46. The number of halogens is 1. The fraction of sp³-hybridized carbons (Fsp3) is 0.789. The van der Waals surface area contributed by atoms with Crippen molar-refractivity contribution in [2.24, 2.45) is 4.99 Å². The first-order chi connectivity index (χ1) is 13.3.